The molecular formula is C27H28BrN5O9. The van der Waals surface area contributed by atoms with Crippen molar-refractivity contribution in [2.45, 2.75) is 26.1 Å². The van der Waals surface area contributed by atoms with Crippen LogP contribution in [-0.2, 0) is 9.53 Å². The average Bonchev–Trinajstić information content (AvgIpc) is 2.95. The molecular weight excluding hydrogens is 618 g/mol. The Labute approximate surface area is 249 Å². The zero-order valence-corrected chi connectivity index (χ0v) is 24.4. The van der Waals surface area contributed by atoms with E-state index in [1.54, 1.807) is 32.0 Å². The molecule has 2 aromatic rings. The predicted octanol–water partition coefficient (Wildman–Crippen LogP) is 2.89. The van der Waals surface area contributed by atoms with E-state index in [2.05, 4.69) is 43.0 Å². The van der Waals surface area contributed by atoms with Crippen LogP contribution in [0.4, 0.5) is 10.5 Å². The van der Waals surface area contributed by atoms with Crippen molar-refractivity contribution in [3.8, 4) is 29.6 Å². The van der Waals surface area contributed by atoms with Crippen LogP contribution in [0.3, 0.4) is 0 Å². The number of allylic oxidation sites excluding steroid dienone is 1. The van der Waals surface area contributed by atoms with Gasteiger partial charge in [-0.05, 0) is 53.5 Å². The van der Waals surface area contributed by atoms with Gasteiger partial charge in [0.1, 0.15) is 13.2 Å². The van der Waals surface area contributed by atoms with Crippen LogP contribution >= 0.6 is 15.9 Å². The monoisotopic (exact) mass is 645 g/mol. The summed E-state index contributed by atoms with van der Waals surface area (Å²) in [6, 6.07) is 6.34. The summed E-state index contributed by atoms with van der Waals surface area (Å²) in [6.07, 6.45) is 5.17. The number of hydrazone groups is 1. The SMILES string of the molecule is C#CCOc1c(Br)cc(/C=N/N[C@@H](O)COc2ccc([C@H]3NC(=O)NC(C)=C3C(=O)OC)cc2OCC)cc1[N+](=O)[O-]. The summed E-state index contributed by atoms with van der Waals surface area (Å²) < 4.78 is 21.8. The molecule has 0 aliphatic carbocycles. The molecule has 1 aliphatic rings. The summed E-state index contributed by atoms with van der Waals surface area (Å²) in [4.78, 5) is 35.3. The zero-order valence-electron chi connectivity index (χ0n) is 22.8. The Morgan fingerprint density at radius 1 is 1.31 bits per heavy atom. The second-order valence-electron chi connectivity index (χ2n) is 8.52. The molecule has 0 bridgehead atoms. The molecule has 0 fully saturated rings. The van der Waals surface area contributed by atoms with Gasteiger partial charge in [-0.25, -0.2) is 9.59 Å². The lowest BCUT2D eigenvalue weighted by Gasteiger charge is -2.28. The van der Waals surface area contributed by atoms with E-state index in [4.69, 9.17) is 25.4 Å². The third-order valence-corrected chi connectivity index (χ3v) is 6.24. The minimum atomic E-state index is -1.27. The maximum Gasteiger partial charge on any atom is 0.337 e. The number of carbonyl (C=O) groups is 2. The largest absolute Gasteiger partial charge is 0.490 e. The maximum absolute atomic E-state index is 12.4. The molecule has 0 aromatic heterocycles. The number of aliphatic hydroxyl groups excluding tert-OH is 1. The van der Waals surface area contributed by atoms with Crippen molar-refractivity contribution in [1.29, 1.82) is 0 Å². The molecule has 2 atom stereocenters. The average molecular weight is 646 g/mol. The molecule has 2 aromatic carbocycles. The lowest BCUT2D eigenvalue weighted by Crippen LogP contribution is -2.45. The molecule has 2 amide bonds. The number of halogens is 1. The Morgan fingerprint density at radius 3 is 2.74 bits per heavy atom. The van der Waals surface area contributed by atoms with E-state index in [-0.39, 0.29) is 42.6 Å². The number of nitrogens with one attached hydrogen (secondary N) is 3. The molecule has 4 N–H and O–H groups in total. The normalized spacial score (nSPS) is 15.2. The third-order valence-electron chi connectivity index (χ3n) is 5.65. The molecule has 0 spiro atoms. The van der Waals surface area contributed by atoms with Crippen LogP contribution in [0.25, 0.3) is 0 Å². The number of esters is 1. The molecule has 0 radical (unpaired) electrons. The van der Waals surface area contributed by atoms with Crippen LogP contribution in [0, 0.1) is 22.5 Å². The van der Waals surface area contributed by atoms with Gasteiger partial charge in [-0.3, -0.25) is 15.5 Å². The van der Waals surface area contributed by atoms with Gasteiger partial charge in [-0.2, -0.15) is 5.10 Å². The Morgan fingerprint density at radius 2 is 2.07 bits per heavy atom. The van der Waals surface area contributed by atoms with Crippen molar-refractivity contribution in [2.24, 2.45) is 5.10 Å². The van der Waals surface area contributed by atoms with Crippen LogP contribution in [0.1, 0.15) is 31.0 Å². The molecule has 42 heavy (non-hydrogen) atoms. The van der Waals surface area contributed by atoms with Crippen molar-refractivity contribution in [3.63, 3.8) is 0 Å². The van der Waals surface area contributed by atoms with Crippen molar-refractivity contribution in [2.75, 3.05) is 26.9 Å². The fourth-order valence-electron chi connectivity index (χ4n) is 3.89. The highest BCUT2D eigenvalue weighted by Crippen LogP contribution is 2.36. The molecule has 0 saturated carbocycles. The number of ether oxygens (including phenoxy) is 4. The molecule has 0 unspecified atom stereocenters. The fourth-order valence-corrected chi connectivity index (χ4v) is 4.47. The number of hydrogen-bond acceptors (Lipinski definition) is 11. The first-order chi connectivity index (χ1) is 20.1. The first kappa shape index (κ1) is 31.7. The van der Waals surface area contributed by atoms with Crippen LogP contribution in [-0.4, -0.2) is 61.4 Å². The standard InChI is InChI=1S/C27H28BrN5O9/c1-5-9-41-25-18(28)10-16(11-19(25)33(37)38)13-29-32-22(34)14-42-20-8-7-17(12-21(20)40-6-2)24-23(26(35)39-4)15(3)30-27(36)31-24/h1,7-8,10-13,22,24,32,34H,6,9,14H2,2-4H3,(H2,30,31,36)/b29-13+/t22-,24+/m0/s1. The number of rotatable bonds is 13. The maximum atomic E-state index is 12.4. The second kappa shape index (κ2) is 14.7. The van der Waals surface area contributed by atoms with Gasteiger partial charge in [-0.15, -0.1) is 6.42 Å². The van der Waals surface area contributed by atoms with Crippen molar-refractivity contribution in [1.82, 2.24) is 16.1 Å². The van der Waals surface area contributed by atoms with E-state index >= 15 is 0 Å². The lowest BCUT2D eigenvalue weighted by molar-refractivity contribution is -0.385. The highest BCUT2D eigenvalue weighted by molar-refractivity contribution is 9.10. The van der Waals surface area contributed by atoms with Gasteiger partial charge >= 0.3 is 17.7 Å². The van der Waals surface area contributed by atoms with Crippen LogP contribution < -0.4 is 30.3 Å². The van der Waals surface area contributed by atoms with E-state index in [1.165, 1.54) is 25.5 Å². The minimum Gasteiger partial charge on any atom is -0.490 e. The van der Waals surface area contributed by atoms with E-state index in [1.807, 2.05) is 0 Å². The van der Waals surface area contributed by atoms with Crippen molar-refractivity contribution >= 4 is 39.8 Å². The number of hydrogen-bond donors (Lipinski definition) is 4. The number of amides is 2. The smallest absolute Gasteiger partial charge is 0.337 e. The molecule has 222 valence electrons. The van der Waals surface area contributed by atoms with Gasteiger partial charge in [0.15, 0.2) is 17.7 Å². The molecule has 1 aliphatic heterocycles. The van der Waals surface area contributed by atoms with E-state index < -0.39 is 29.2 Å². The highest BCUT2D eigenvalue weighted by Gasteiger charge is 2.32. The summed E-state index contributed by atoms with van der Waals surface area (Å²) in [6.45, 7) is 3.26. The molecule has 15 heteroatoms. The first-order valence-corrected chi connectivity index (χ1v) is 13.2. The van der Waals surface area contributed by atoms with Crippen molar-refractivity contribution < 1.29 is 38.6 Å². The number of benzene rings is 2. The number of terminal acetylenes is 1. The summed E-state index contributed by atoms with van der Waals surface area (Å²) in [5.41, 5.74) is 3.64. The number of carbonyl (C=O) groups excluding carboxylic acids is 2. The summed E-state index contributed by atoms with van der Waals surface area (Å²) >= 11 is 3.23. The first-order valence-electron chi connectivity index (χ1n) is 12.4. The van der Waals surface area contributed by atoms with E-state index in [0.717, 1.165) is 0 Å². The van der Waals surface area contributed by atoms with Crippen molar-refractivity contribution in [3.05, 3.63) is 67.3 Å². The van der Waals surface area contributed by atoms with Gasteiger partial charge in [0.2, 0.25) is 5.75 Å². The quantitative estimate of drug-likeness (QED) is 0.0631. The van der Waals surface area contributed by atoms with Gasteiger partial charge in [0, 0.05) is 17.3 Å². The molecule has 14 nitrogen and oxygen atoms in total. The Hall–Kier alpha value is -4.81. The van der Waals surface area contributed by atoms with Crippen LogP contribution in [0.15, 0.2) is 51.2 Å². The van der Waals surface area contributed by atoms with Gasteiger partial charge in [0.25, 0.3) is 0 Å². The fraction of sp³-hybridized carbons (Fsp3) is 0.296. The molecule has 3 rings (SSSR count). The minimum absolute atomic E-state index is 0.0113. The number of nitro groups is 1. The van der Waals surface area contributed by atoms with Crippen LogP contribution in [0.5, 0.6) is 17.2 Å². The highest BCUT2D eigenvalue weighted by atomic mass is 79.9. The zero-order chi connectivity index (χ0) is 30.8. The Kier molecular flexibility index (Phi) is 11.1. The molecule has 0 saturated heterocycles. The predicted molar refractivity (Wildman–Crippen MR) is 154 cm³/mol. The van der Waals surface area contributed by atoms with Crippen LogP contribution in [0.2, 0.25) is 0 Å². The number of nitro benzene ring substituents is 1. The topological polar surface area (TPSA) is 183 Å². The Bertz CT molecular complexity index is 1450. The van der Waals surface area contributed by atoms with E-state index in [9.17, 15) is 24.8 Å². The van der Waals surface area contributed by atoms with Gasteiger partial charge in [-0.1, -0.05) is 12.0 Å². The number of urea groups is 1. The summed E-state index contributed by atoms with van der Waals surface area (Å²) in [7, 11) is 1.25. The summed E-state index contributed by atoms with van der Waals surface area (Å²) in [5, 5.41) is 31.0. The third kappa shape index (κ3) is 7.89. The number of nitrogens with zero attached hydrogens (tertiary/aromatic N) is 2. The van der Waals surface area contributed by atoms with Gasteiger partial charge in [0.05, 0.1) is 40.9 Å². The summed E-state index contributed by atoms with van der Waals surface area (Å²) in [5.74, 6) is 2.23. The lowest BCUT2D eigenvalue weighted by atomic mass is 9.95. The van der Waals surface area contributed by atoms with E-state index in [0.29, 0.717) is 27.0 Å². The molecule has 1 heterocycles. The number of aliphatic hydroxyl groups is 1. The van der Waals surface area contributed by atoms with Gasteiger partial charge < -0.3 is 34.7 Å². The number of methoxy groups -OCH3 is 1. The Balaban J connectivity index is 1.71. The second-order valence-corrected chi connectivity index (χ2v) is 9.37.